The van der Waals surface area contributed by atoms with E-state index in [0.717, 1.165) is 5.56 Å². The van der Waals surface area contributed by atoms with Gasteiger partial charge in [0, 0.05) is 18.1 Å². The highest BCUT2D eigenvalue weighted by Crippen LogP contribution is 2.23. The van der Waals surface area contributed by atoms with E-state index in [0.29, 0.717) is 11.6 Å². The Balaban J connectivity index is 1.89. The molecule has 2 aromatic rings. The van der Waals surface area contributed by atoms with Crippen molar-refractivity contribution in [1.29, 1.82) is 0 Å². The van der Waals surface area contributed by atoms with Crippen LogP contribution in [0.1, 0.15) is 29.8 Å². The Morgan fingerprint density at radius 1 is 1.14 bits per heavy atom. The van der Waals surface area contributed by atoms with Gasteiger partial charge in [-0.05, 0) is 49.7 Å². The highest BCUT2D eigenvalue weighted by atomic mass is 35.5. The maximum Gasteiger partial charge on any atom is 0.260 e. The van der Waals surface area contributed by atoms with Crippen molar-refractivity contribution in [2.45, 2.75) is 20.4 Å². The Hall–Kier alpha value is -2.93. The third-order valence-corrected chi connectivity index (χ3v) is 4.38. The first-order valence-corrected chi connectivity index (χ1v) is 9.40. The fraction of sp³-hybridized carbons (Fsp3) is 0.286. The molecule has 0 aliphatic carbocycles. The molecule has 2 amide bonds. The quantitative estimate of drug-likeness (QED) is 0.632. The summed E-state index contributed by atoms with van der Waals surface area (Å²) in [6, 6.07) is 10.3. The highest BCUT2D eigenvalue weighted by Gasteiger charge is 2.17. The zero-order valence-electron chi connectivity index (χ0n) is 16.2. The Labute approximate surface area is 173 Å². The molecule has 0 heterocycles. The van der Waals surface area contributed by atoms with Crippen LogP contribution in [0.25, 0.3) is 0 Å². The summed E-state index contributed by atoms with van der Waals surface area (Å²) in [6.07, 6.45) is 0. The van der Waals surface area contributed by atoms with Crippen LogP contribution in [-0.2, 0) is 16.1 Å². The van der Waals surface area contributed by atoms with Gasteiger partial charge in [-0.3, -0.25) is 14.4 Å². The molecule has 0 bridgehead atoms. The first kappa shape index (κ1) is 22.4. The maximum absolute atomic E-state index is 12.9. The van der Waals surface area contributed by atoms with Crippen LogP contribution in [0.3, 0.4) is 0 Å². The lowest BCUT2D eigenvalue weighted by molar-refractivity contribution is -0.137. The van der Waals surface area contributed by atoms with Crippen molar-refractivity contribution >= 4 is 29.2 Å². The van der Waals surface area contributed by atoms with Crippen LogP contribution in [0.4, 0.5) is 4.39 Å². The molecule has 0 aromatic heterocycles. The molecule has 0 radical (unpaired) electrons. The first-order chi connectivity index (χ1) is 13.8. The number of rotatable bonds is 9. The number of amides is 2. The highest BCUT2D eigenvalue weighted by molar-refractivity contribution is 6.31. The molecule has 0 saturated carbocycles. The van der Waals surface area contributed by atoms with Crippen molar-refractivity contribution in [3.8, 4) is 5.75 Å². The van der Waals surface area contributed by atoms with Crippen LogP contribution in [0, 0.1) is 5.82 Å². The molecule has 2 rings (SSSR count). The number of nitrogens with one attached hydrogen (secondary N) is 1. The summed E-state index contributed by atoms with van der Waals surface area (Å²) in [6.45, 7) is 3.21. The molecule has 0 spiro atoms. The summed E-state index contributed by atoms with van der Waals surface area (Å²) in [5.74, 6) is -1.07. The predicted octanol–water partition coefficient (Wildman–Crippen LogP) is 3.23. The number of halogens is 2. The van der Waals surface area contributed by atoms with Gasteiger partial charge in [0.2, 0.25) is 5.91 Å². The molecule has 0 fully saturated rings. The number of ketones is 1. The van der Waals surface area contributed by atoms with Crippen LogP contribution in [-0.4, -0.2) is 42.2 Å². The Kier molecular flexibility index (Phi) is 8.15. The fourth-order valence-corrected chi connectivity index (χ4v) is 2.71. The van der Waals surface area contributed by atoms with Gasteiger partial charge < -0.3 is 15.0 Å². The van der Waals surface area contributed by atoms with Crippen LogP contribution in [0.5, 0.6) is 5.75 Å². The molecular weight excluding hydrogens is 399 g/mol. The number of likely N-dealkylation sites (N-methyl/N-ethyl adjacent to an activating group) is 1. The van der Waals surface area contributed by atoms with Gasteiger partial charge in [-0.25, -0.2) is 4.39 Å². The second-order valence-electron chi connectivity index (χ2n) is 6.30. The van der Waals surface area contributed by atoms with E-state index in [4.69, 9.17) is 16.3 Å². The van der Waals surface area contributed by atoms with E-state index >= 15 is 0 Å². The van der Waals surface area contributed by atoms with Crippen molar-refractivity contribution < 1.29 is 23.5 Å². The number of ether oxygens (including phenoxy) is 1. The lowest BCUT2D eigenvalue weighted by Crippen LogP contribution is -2.42. The number of hydrogen-bond acceptors (Lipinski definition) is 4. The van der Waals surface area contributed by atoms with Crippen molar-refractivity contribution in [2.75, 3.05) is 19.7 Å². The summed E-state index contributed by atoms with van der Waals surface area (Å²) in [7, 11) is 0. The van der Waals surface area contributed by atoms with Gasteiger partial charge in [-0.1, -0.05) is 23.7 Å². The molecule has 0 saturated heterocycles. The van der Waals surface area contributed by atoms with E-state index in [9.17, 15) is 18.8 Å². The van der Waals surface area contributed by atoms with E-state index in [1.807, 2.05) is 0 Å². The van der Waals surface area contributed by atoms with Gasteiger partial charge in [0.1, 0.15) is 11.6 Å². The molecular formula is C21H22ClFN2O4. The molecule has 0 aliphatic heterocycles. The summed E-state index contributed by atoms with van der Waals surface area (Å²) >= 11 is 5.89. The number of benzene rings is 2. The van der Waals surface area contributed by atoms with Crippen molar-refractivity contribution in [2.24, 2.45) is 0 Å². The summed E-state index contributed by atoms with van der Waals surface area (Å²) in [5, 5.41) is 3.08. The van der Waals surface area contributed by atoms with E-state index in [1.165, 1.54) is 36.1 Å². The minimum absolute atomic E-state index is 0.139. The minimum atomic E-state index is -0.395. The molecule has 2 aromatic carbocycles. The van der Waals surface area contributed by atoms with E-state index < -0.39 is 5.91 Å². The Morgan fingerprint density at radius 3 is 2.45 bits per heavy atom. The van der Waals surface area contributed by atoms with Crippen molar-refractivity contribution in [3.63, 3.8) is 0 Å². The molecule has 29 heavy (non-hydrogen) atoms. The molecule has 6 nitrogen and oxygen atoms in total. The molecule has 1 N–H and O–H groups in total. The fourth-order valence-electron chi connectivity index (χ4n) is 2.54. The Morgan fingerprint density at radius 2 is 1.83 bits per heavy atom. The number of Topliss-reactive ketones (excluding diaryl/α,β-unsaturated/α-hetero) is 1. The zero-order chi connectivity index (χ0) is 21.4. The lowest BCUT2D eigenvalue weighted by Gasteiger charge is -2.21. The van der Waals surface area contributed by atoms with Crippen molar-refractivity contribution in [3.05, 3.63) is 64.4 Å². The summed E-state index contributed by atoms with van der Waals surface area (Å²) in [5.41, 5.74) is 1.03. The first-order valence-electron chi connectivity index (χ1n) is 9.02. The Bertz CT molecular complexity index is 887. The molecule has 0 aliphatic rings. The average Bonchev–Trinajstić information content (AvgIpc) is 2.70. The van der Waals surface area contributed by atoms with Gasteiger partial charge in [0.25, 0.3) is 5.91 Å². The second-order valence-corrected chi connectivity index (χ2v) is 6.73. The van der Waals surface area contributed by atoms with Crippen LogP contribution < -0.4 is 10.1 Å². The van der Waals surface area contributed by atoms with Gasteiger partial charge >= 0.3 is 0 Å². The topological polar surface area (TPSA) is 75.7 Å². The minimum Gasteiger partial charge on any atom is -0.483 e. The number of hydrogen-bond donors (Lipinski definition) is 1. The summed E-state index contributed by atoms with van der Waals surface area (Å²) in [4.78, 5) is 37.6. The monoisotopic (exact) mass is 420 g/mol. The molecule has 154 valence electrons. The largest absolute Gasteiger partial charge is 0.483 e. The number of carbonyl (C=O) groups excluding carboxylic acids is 3. The predicted molar refractivity (Wildman–Crippen MR) is 107 cm³/mol. The number of carbonyl (C=O) groups is 3. The van der Waals surface area contributed by atoms with Crippen molar-refractivity contribution in [1.82, 2.24) is 10.2 Å². The third kappa shape index (κ3) is 6.87. The van der Waals surface area contributed by atoms with Crippen LogP contribution in [0.15, 0.2) is 42.5 Å². The summed E-state index contributed by atoms with van der Waals surface area (Å²) < 4.78 is 18.4. The van der Waals surface area contributed by atoms with Gasteiger partial charge in [0.15, 0.2) is 12.4 Å². The normalized spacial score (nSPS) is 10.3. The zero-order valence-corrected chi connectivity index (χ0v) is 17.0. The standard InChI is InChI=1S/C21H22ClFN2O4/c1-3-25(12-20(27)24-11-15-4-7-17(23)8-5-15)21(28)13-29-19-9-6-16(22)10-18(19)14(2)26/h4-10H,3,11-13H2,1-2H3,(H,24,27). The average molecular weight is 421 g/mol. The van der Waals surface area contributed by atoms with Gasteiger partial charge in [0.05, 0.1) is 12.1 Å². The van der Waals surface area contributed by atoms with E-state index in [2.05, 4.69) is 5.32 Å². The van der Waals surface area contributed by atoms with Gasteiger partial charge in [-0.15, -0.1) is 0 Å². The molecule has 8 heteroatoms. The third-order valence-electron chi connectivity index (χ3n) is 4.14. The van der Waals surface area contributed by atoms with Gasteiger partial charge in [-0.2, -0.15) is 0 Å². The van der Waals surface area contributed by atoms with E-state index in [-0.39, 0.29) is 48.5 Å². The number of nitrogens with zero attached hydrogens (tertiary/aromatic N) is 1. The SMILES string of the molecule is CCN(CC(=O)NCc1ccc(F)cc1)C(=O)COc1ccc(Cl)cc1C(C)=O. The maximum atomic E-state index is 12.9. The molecule has 0 unspecified atom stereocenters. The molecule has 0 atom stereocenters. The second kappa shape index (κ2) is 10.6. The van der Waals surface area contributed by atoms with E-state index in [1.54, 1.807) is 25.1 Å². The lowest BCUT2D eigenvalue weighted by atomic mass is 10.1. The van der Waals surface area contributed by atoms with Crippen LogP contribution >= 0.6 is 11.6 Å². The van der Waals surface area contributed by atoms with Crippen LogP contribution in [0.2, 0.25) is 5.02 Å². The smallest absolute Gasteiger partial charge is 0.260 e.